The maximum Gasteiger partial charge on any atom is 0.273 e. The SMILES string of the molecule is CC(C)(C)NC(=O)[C@H](c1ccc(F)cc1)N(C(=O)c1snc(C(N)=O)c1N)c1ccc(F)c(Cl)c1. The number of carbonyl (C=O) groups is 3. The van der Waals surface area contributed by atoms with Crippen LogP contribution in [0.2, 0.25) is 5.02 Å². The van der Waals surface area contributed by atoms with Crippen molar-refractivity contribution in [2.24, 2.45) is 5.73 Å². The first kappa shape index (κ1) is 26.0. The maximum atomic E-state index is 14.0. The van der Waals surface area contributed by atoms with E-state index in [1.165, 1.54) is 24.3 Å². The Morgan fingerprint density at radius 2 is 1.74 bits per heavy atom. The minimum absolute atomic E-state index is 0.0493. The number of hydrogen-bond acceptors (Lipinski definition) is 6. The van der Waals surface area contributed by atoms with E-state index in [1.54, 1.807) is 20.8 Å². The first-order valence-electron chi connectivity index (χ1n) is 10.2. The molecule has 1 atom stereocenters. The van der Waals surface area contributed by atoms with Gasteiger partial charge in [0.1, 0.15) is 22.6 Å². The normalized spacial score (nSPS) is 12.2. The Labute approximate surface area is 209 Å². The Hall–Kier alpha value is -3.57. The smallest absolute Gasteiger partial charge is 0.273 e. The fourth-order valence-corrected chi connectivity index (χ4v) is 4.17. The summed E-state index contributed by atoms with van der Waals surface area (Å²) >= 11 is 6.60. The van der Waals surface area contributed by atoms with E-state index in [9.17, 15) is 23.2 Å². The molecule has 0 radical (unpaired) electrons. The van der Waals surface area contributed by atoms with Gasteiger partial charge in [-0.15, -0.1) is 0 Å². The van der Waals surface area contributed by atoms with E-state index in [-0.39, 0.29) is 32.5 Å². The summed E-state index contributed by atoms with van der Waals surface area (Å²) < 4.78 is 31.5. The molecule has 1 aromatic heterocycles. The molecule has 0 aliphatic rings. The van der Waals surface area contributed by atoms with Crippen molar-refractivity contribution in [1.29, 1.82) is 0 Å². The van der Waals surface area contributed by atoms with Gasteiger partial charge >= 0.3 is 0 Å². The fraction of sp³-hybridized carbons (Fsp3) is 0.217. The van der Waals surface area contributed by atoms with Gasteiger partial charge in [0.15, 0.2) is 5.69 Å². The average molecular weight is 522 g/mol. The number of primary amides is 1. The van der Waals surface area contributed by atoms with Crippen molar-refractivity contribution in [3.8, 4) is 0 Å². The van der Waals surface area contributed by atoms with E-state index in [1.807, 2.05) is 0 Å². The molecule has 35 heavy (non-hydrogen) atoms. The Balaban J connectivity index is 2.26. The summed E-state index contributed by atoms with van der Waals surface area (Å²) in [6.07, 6.45) is 0. The van der Waals surface area contributed by atoms with E-state index in [2.05, 4.69) is 9.69 Å². The second-order valence-electron chi connectivity index (χ2n) is 8.61. The molecular weight excluding hydrogens is 500 g/mol. The topological polar surface area (TPSA) is 131 Å². The van der Waals surface area contributed by atoms with E-state index >= 15 is 0 Å². The molecule has 0 bridgehead atoms. The molecule has 0 fully saturated rings. The number of nitrogens with zero attached hydrogens (tertiary/aromatic N) is 2. The first-order valence-corrected chi connectivity index (χ1v) is 11.4. The molecule has 0 aliphatic heterocycles. The highest BCUT2D eigenvalue weighted by atomic mass is 35.5. The number of anilines is 2. The highest BCUT2D eigenvalue weighted by molar-refractivity contribution is 7.09. The zero-order valence-corrected chi connectivity index (χ0v) is 20.5. The predicted molar refractivity (Wildman–Crippen MR) is 130 cm³/mol. The van der Waals surface area contributed by atoms with Crippen LogP contribution in [0.1, 0.15) is 52.5 Å². The number of amides is 3. The molecule has 1 heterocycles. The Morgan fingerprint density at radius 3 is 2.26 bits per heavy atom. The number of hydrogen-bond donors (Lipinski definition) is 3. The van der Waals surface area contributed by atoms with Crippen molar-refractivity contribution in [2.75, 3.05) is 10.6 Å². The van der Waals surface area contributed by atoms with E-state index in [4.69, 9.17) is 23.1 Å². The molecule has 0 saturated carbocycles. The van der Waals surface area contributed by atoms with Crippen LogP contribution in [0, 0.1) is 11.6 Å². The second kappa shape index (κ2) is 9.96. The zero-order chi connectivity index (χ0) is 26.1. The zero-order valence-electron chi connectivity index (χ0n) is 18.9. The van der Waals surface area contributed by atoms with Crippen molar-refractivity contribution < 1.29 is 23.2 Å². The molecular formula is C23H22ClF2N5O3S. The summed E-state index contributed by atoms with van der Waals surface area (Å²) in [7, 11) is 0. The highest BCUT2D eigenvalue weighted by Crippen LogP contribution is 2.35. The highest BCUT2D eigenvalue weighted by Gasteiger charge is 2.37. The third-order valence-electron chi connectivity index (χ3n) is 4.75. The van der Waals surface area contributed by atoms with Gasteiger partial charge < -0.3 is 16.8 Å². The van der Waals surface area contributed by atoms with Crippen molar-refractivity contribution in [3.63, 3.8) is 0 Å². The van der Waals surface area contributed by atoms with Gasteiger partial charge in [-0.25, -0.2) is 8.78 Å². The molecule has 184 valence electrons. The van der Waals surface area contributed by atoms with Gasteiger partial charge in [0.25, 0.3) is 11.8 Å². The van der Waals surface area contributed by atoms with Crippen LogP contribution in [0.5, 0.6) is 0 Å². The molecule has 0 saturated heterocycles. The van der Waals surface area contributed by atoms with Gasteiger partial charge in [0.05, 0.1) is 10.7 Å². The minimum atomic E-state index is -1.36. The largest absolute Gasteiger partial charge is 0.395 e. The van der Waals surface area contributed by atoms with E-state index in [0.29, 0.717) is 11.5 Å². The van der Waals surface area contributed by atoms with Gasteiger partial charge in [0, 0.05) is 11.2 Å². The molecule has 3 rings (SSSR count). The molecule has 0 spiro atoms. The molecule has 0 aliphatic carbocycles. The maximum absolute atomic E-state index is 14.0. The molecule has 5 N–H and O–H groups in total. The second-order valence-corrected chi connectivity index (χ2v) is 9.79. The van der Waals surface area contributed by atoms with Crippen LogP contribution in [-0.2, 0) is 4.79 Å². The molecule has 12 heteroatoms. The van der Waals surface area contributed by atoms with E-state index < -0.39 is 40.9 Å². The molecule has 2 aromatic carbocycles. The fourth-order valence-electron chi connectivity index (χ4n) is 3.26. The number of nitrogen functional groups attached to an aromatic ring is 1. The number of carbonyl (C=O) groups excluding carboxylic acids is 3. The number of rotatable bonds is 6. The summed E-state index contributed by atoms with van der Waals surface area (Å²) in [6.45, 7) is 5.23. The summed E-state index contributed by atoms with van der Waals surface area (Å²) in [6, 6.07) is 7.07. The van der Waals surface area contributed by atoms with Crippen LogP contribution in [0.3, 0.4) is 0 Å². The number of nitrogens with one attached hydrogen (secondary N) is 1. The first-order chi connectivity index (χ1) is 16.3. The summed E-state index contributed by atoms with van der Waals surface area (Å²) in [4.78, 5) is 39.8. The van der Waals surface area contributed by atoms with Crippen LogP contribution in [-0.4, -0.2) is 27.6 Å². The number of halogens is 3. The van der Waals surface area contributed by atoms with Crippen molar-refractivity contribution in [2.45, 2.75) is 32.4 Å². The molecule has 8 nitrogen and oxygen atoms in total. The van der Waals surface area contributed by atoms with Crippen molar-refractivity contribution >= 4 is 52.2 Å². The monoisotopic (exact) mass is 521 g/mol. The van der Waals surface area contributed by atoms with Crippen LogP contribution >= 0.6 is 23.1 Å². The van der Waals surface area contributed by atoms with Gasteiger partial charge in [0.2, 0.25) is 5.91 Å². The van der Waals surface area contributed by atoms with Gasteiger partial charge in [-0.2, -0.15) is 4.37 Å². The average Bonchev–Trinajstić information content (AvgIpc) is 3.15. The third-order valence-corrected chi connectivity index (χ3v) is 5.89. The Morgan fingerprint density at radius 1 is 1.11 bits per heavy atom. The summed E-state index contributed by atoms with van der Waals surface area (Å²) in [5.41, 5.74) is 10.3. The minimum Gasteiger partial charge on any atom is -0.395 e. The van der Waals surface area contributed by atoms with Crippen molar-refractivity contribution in [3.05, 3.63) is 75.3 Å². The standard InChI is InChI=1S/C23H22ClF2N5O3S/c1-23(2,3)29-21(33)18(11-4-6-12(25)7-5-11)31(13-8-9-15(26)14(24)10-13)22(34)19-16(27)17(20(28)32)30-35-19/h4-10,18H,27H2,1-3H3,(H2,28,32)(H,29,33)/t18-/m0/s1. The number of benzene rings is 2. The van der Waals surface area contributed by atoms with Crippen LogP contribution in [0.4, 0.5) is 20.2 Å². The van der Waals surface area contributed by atoms with Gasteiger partial charge in [-0.1, -0.05) is 23.7 Å². The lowest BCUT2D eigenvalue weighted by Gasteiger charge is -2.33. The Bertz CT molecular complexity index is 1290. The van der Waals surface area contributed by atoms with Crippen molar-refractivity contribution in [1.82, 2.24) is 9.69 Å². The summed E-state index contributed by atoms with van der Waals surface area (Å²) in [5, 5.41) is 2.50. The van der Waals surface area contributed by atoms with Gasteiger partial charge in [-0.05, 0) is 68.2 Å². The number of nitrogens with two attached hydrogens (primary N) is 2. The van der Waals surface area contributed by atoms with Crippen LogP contribution < -0.4 is 21.7 Å². The van der Waals surface area contributed by atoms with Crippen LogP contribution in [0.25, 0.3) is 0 Å². The lowest BCUT2D eigenvalue weighted by atomic mass is 10.0. The van der Waals surface area contributed by atoms with Gasteiger partial charge in [-0.3, -0.25) is 19.3 Å². The third kappa shape index (κ3) is 5.75. The van der Waals surface area contributed by atoms with Crippen LogP contribution in [0.15, 0.2) is 42.5 Å². The van der Waals surface area contributed by atoms with E-state index in [0.717, 1.165) is 23.1 Å². The lowest BCUT2D eigenvalue weighted by Crippen LogP contribution is -2.49. The lowest BCUT2D eigenvalue weighted by molar-refractivity contribution is -0.123. The summed E-state index contributed by atoms with van der Waals surface area (Å²) in [5.74, 6) is -3.67. The number of aromatic nitrogens is 1. The Kier molecular flexibility index (Phi) is 7.41. The molecule has 0 unspecified atom stereocenters. The quantitative estimate of drug-likeness (QED) is 0.450. The molecule has 3 aromatic rings. The predicted octanol–water partition coefficient (Wildman–Crippen LogP) is 4.06. The molecule has 3 amide bonds.